The molecule has 1 N–H and O–H groups in total. The van der Waals surface area contributed by atoms with Gasteiger partial charge in [0.1, 0.15) is 11.8 Å². The molecule has 3 aliphatic rings. The summed E-state index contributed by atoms with van der Waals surface area (Å²) in [6, 6.07) is 8.27. The van der Waals surface area contributed by atoms with Crippen molar-refractivity contribution in [1.82, 2.24) is 14.5 Å². The molecular formula is C30H45N3O5S. The third-order valence-electron chi connectivity index (χ3n) is 9.32. The van der Waals surface area contributed by atoms with E-state index in [1.165, 1.54) is 10.6 Å². The summed E-state index contributed by atoms with van der Waals surface area (Å²) in [7, 11) is -3.55. The van der Waals surface area contributed by atoms with E-state index < -0.39 is 34.1 Å². The molecule has 9 heteroatoms. The fourth-order valence-corrected chi connectivity index (χ4v) is 7.98. The second-order valence-corrected chi connectivity index (χ2v) is 13.9. The van der Waals surface area contributed by atoms with E-state index in [1.807, 2.05) is 51.1 Å². The maximum atomic E-state index is 14.2. The van der Waals surface area contributed by atoms with Crippen LogP contribution in [0.3, 0.4) is 0 Å². The van der Waals surface area contributed by atoms with Crippen LogP contribution >= 0.6 is 0 Å². The van der Waals surface area contributed by atoms with Gasteiger partial charge in [0.2, 0.25) is 21.8 Å². The molecule has 1 aromatic rings. The highest BCUT2D eigenvalue weighted by Gasteiger charge is 2.56. The number of rotatable bonds is 10. The van der Waals surface area contributed by atoms with E-state index in [0.29, 0.717) is 19.4 Å². The van der Waals surface area contributed by atoms with Crippen LogP contribution < -0.4 is 5.32 Å². The number of nitrogens with zero attached hydrogens (tertiary/aromatic N) is 2. The molecule has 2 heterocycles. The average molecular weight is 560 g/mol. The van der Waals surface area contributed by atoms with E-state index in [-0.39, 0.29) is 48.3 Å². The molecule has 0 spiro atoms. The number of hydrogen-bond acceptors (Lipinski definition) is 5. The first kappa shape index (κ1) is 29.7. The Labute approximate surface area is 233 Å². The normalized spacial score (nSPS) is 26.6. The zero-order valence-electron chi connectivity index (χ0n) is 23.8. The Bertz CT molecular complexity index is 1130. The second kappa shape index (κ2) is 12.5. The number of nitrogens with one attached hydrogen (secondary N) is 1. The summed E-state index contributed by atoms with van der Waals surface area (Å²) in [4.78, 5) is 42.7. The number of Topliss-reactive ketones (excluding diaryl/α,β-unsaturated/α-hetero) is 1. The first-order valence-electron chi connectivity index (χ1n) is 14.7. The molecule has 4 rings (SSSR count). The van der Waals surface area contributed by atoms with Gasteiger partial charge >= 0.3 is 0 Å². The maximum Gasteiger partial charge on any atom is 0.245 e. The van der Waals surface area contributed by atoms with Crippen LogP contribution in [0.4, 0.5) is 0 Å². The van der Waals surface area contributed by atoms with Crippen molar-refractivity contribution in [3.8, 4) is 0 Å². The van der Waals surface area contributed by atoms with Crippen molar-refractivity contribution in [2.75, 3.05) is 19.3 Å². The Hall–Kier alpha value is -2.26. The van der Waals surface area contributed by atoms with Crippen molar-refractivity contribution >= 4 is 27.6 Å². The fraction of sp³-hybridized carbons (Fsp3) is 0.700. The van der Waals surface area contributed by atoms with Crippen molar-refractivity contribution in [2.24, 2.45) is 17.8 Å². The lowest BCUT2D eigenvalue weighted by Gasteiger charge is -2.36. The Morgan fingerprint density at radius 2 is 1.69 bits per heavy atom. The number of likely N-dealkylation sites (tertiary alicyclic amines) is 1. The van der Waals surface area contributed by atoms with Crippen LogP contribution in [0.15, 0.2) is 30.3 Å². The quantitative estimate of drug-likeness (QED) is 0.471. The molecule has 39 heavy (non-hydrogen) atoms. The average Bonchev–Trinajstić information content (AvgIpc) is 3.52. The van der Waals surface area contributed by atoms with Gasteiger partial charge in [0, 0.05) is 31.5 Å². The van der Waals surface area contributed by atoms with Crippen molar-refractivity contribution in [1.29, 1.82) is 0 Å². The van der Waals surface area contributed by atoms with Gasteiger partial charge in [0.05, 0.1) is 18.2 Å². The zero-order valence-corrected chi connectivity index (χ0v) is 24.7. The maximum absolute atomic E-state index is 14.2. The van der Waals surface area contributed by atoms with Crippen molar-refractivity contribution in [2.45, 2.75) is 96.2 Å². The molecule has 1 aromatic carbocycles. The van der Waals surface area contributed by atoms with E-state index in [2.05, 4.69) is 5.32 Å². The topological polar surface area (TPSA) is 104 Å². The highest BCUT2D eigenvalue weighted by molar-refractivity contribution is 7.88. The van der Waals surface area contributed by atoms with Crippen LogP contribution in [-0.4, -0.2) is 72.7 Å². The van der Waals surface area contributed by atoms with E-state index in [9.17, 15) is 22.8 Å². The molecule has 0 unspecified atom stereocenters. The largest absolute Gasteiger partial charge is 0.344 e. The van der Waals surface area contributed by atoms with Gasteiger partial charge in [-0.3, -0.25) is 14.4 Å². The van der Waals surface area contributed by atoms with Gasteiger partial charge in [-0.15, -0.1) is 0 Å². The van der Waals surface area contributed by atoms with Crippen LogP contribution in [-0.2, 0) is 24.4 Å². The Kier molecular flexibility index (Phi) is 9.53. The van der Waals surface area contributed by atoms with E-state index >= 15 is 0 Å². The van der Waals surface area contributed by atoms with Gasteiger partial charge in [-0.25, -0.2) is 8.42 Å². The number of benzene rings is 1. The first-order chi connectivity index (χ1) is 18.5. The molecule has 8 nitrogen and oxygen atoms in total. The highest BCUT2D eigenvalue weighted by Crippen LogP contribution is 2.40. The molecule has 1 aliphatic carbocycles. The Morgan fingerprint density at radius 3 is 2.31 bits per heavy atom. The number of carbonyl (C=O) groups is 3. The molecule has 6 atom stereocenters. The van der Waals surface area contributed by atoms with Crippen molar-refractivity contribution in [3.05, 3.63) is 35.9 Å². The Morgan fingerprint density at radius 1 is 1.03 bits per heavy atom. The van der Waals surface area contributed by atoms with Gasteiger partial charge in [0.25, 0.3) is 0 Å². The van der Waals surface area contributed by atoms with Crippen LogP contribution in [0, 0.1) is 17.8 Å². The van der Waals surface area contributed by atoms with Gasteiger partial charge in [-0.1, -0.05) is 70.4 Å². The van der Waals surface area contributed by atoms with Crippen molar-refractivity contribution < 1.29 is 22.8 Å². The molecule has 2 amide bonds. The molecule has 216 valence electrons. The van der Waals surface area contributed by atoms with E-state index in [1.54, 1.807) is 4.90 Å². The Balaban J connectivity index is 1.60. The smallest absolute Gasteiger partial charge is 0.245 e. The van der Waals surface area contributed by atoms with Crippen LogP contribution in [0.1, 0.15) is 83.6 Å². The summed E-state index contributed by atoms with van der Waals surface area (Å²) in [5.41, 5.74) is 1.06. The molecule has 0 radical (unpaired) electrons. The molecule has 2 aliphatic heterocycles. The number of ketones is 1. The fourth-order valence-electron chi connectivity index (χ4n) is 6.83. The third-order valence-corrected chi connectivity index (χ3v) is 10.6. The summed E-state index contributed by atoms with van der Waals surface area (Å²) in [5.74, 6) is -1.03. The lowest BCUT2D eigenvalue weighted by Crippen LogP contribution is -2.56. The number of carbonyl (C=O) groups excluding carboxylic acids is 3. The van der Waals surface area contributed by atoms with Gasteiger partial charge in [-0.05, 0) is 43.1 Å². The van der Waals surface area contributed by atoms with Gasteiger partial charge in [-0.2, -0.15) is 4.31 Å². The lowest BCUT2D eigenvalue weighted by atomic mass is 9.82. The SMILES string of the molecule is CC[C@@H](C)C(=O)N[C@H](C(=O)N1CC[C@@H]2[C@H]1[C@@H](C(=O)C[C@H](C)c1ccccc1)CN2S(C)(=O)=O)C1CCCCC1. The number of sulfonamides is 1. The summed E-state index contributed by atoms with van der Waals surface area (Å²) in [6.07, 6.45) is 7.60. The van der Waals surface area contributed by atoms with E-state index in [0.717, 1.165) is 37.7 Å². The summed E-state index contributed by atoms with van der Waals surface area (Å²) in [6.45, 7) is 6.33. The highest BCUT2D eigenvalue weighted by atomic mass is 32.2. The van der Waals surface area contributed by atoms with Gasteiger partial charge < -0.3 is 10.2 Å². The molecular weight excluding hydrogens is 514 g/mol. The predicted octanol–water partition coefficient (Wildman–Crippen LogP) is 3.72. The van der Waals surface area contributed by atoms with Crippen LogP contribution in [0.5, 0.6) is 0 Å². The monoisotopic (exact) mass is 559 g/mol. The minimum atomic E-state index is -3.55. The first-order valence-corrected chi connectivity index (χ1v) is 16.5. The third kappa shape index (κ3) is 6.56. The van der Waals surface area contributed by atoms with Crippen LogP contribution in [0.25, 0.3) is 0 Å². The minimum Gasteiger partial charge on any atom is -0.344 e. The summed E-state index contributed by atoms with van der Waals surface area (Å²) >= 11 is 0. The number of amides is 2. The molecule has 2 saturated heterocycles. The van der Waals surface area contributed by atoms with E-state index in [4.69, 9.17) is 0 Å². The number of fused-ring (bicyclic) bond motifs is 1. The number of hydrogen-bond donors (Lipinski definition) is 1. The minimum absolute atomic E-state index is 0.00920. The predicted molar refractivity (Wildman–Crippen MR) is 151 cm³/mol. The van der Waals surface area contributed by atoms with Gasteiger partial charge in [0.15, 0.2) is 0 Å². The summed E-state index contributed by atoms with van der Waals surface area (Å²) in [5, 5.41) is 3.09. The zero-order chi connectivity index (χ0) is 28.3. The summed E-state index contributed by atoms with van der Waals surface area (Å²) < 4.78 is 26.9. The molecule has 0 bridgehead atoms. The standard InChI is InChI=1S/C30H45N3O5S/c1-5-20(2)29(35)31-27(23-14-10-7-11-15-23)30(36)32-17-16-25-28(32)24(19-33(25)39(4,37)38)26(34)18-21(3)22-12-8-6-9-13-22/h6,8-9,12-13,20-21,23-25,27-28H,5,7,10-11,14-19H2,1-4H3,(H,31,35)/t20-,21+,24-,25-,27+,28-/m1/s1. The van der Waals surface area contributed by atoms with Crippen molar-refractivity contribution in [3.63, 3.8) is 0 Å². The molecule has 1 saturated carbocycles. The molecule has 0 aromatic heterocycles. The molecule has 3 fully saturated rings. The lowest BCUT2D eigenvalue weighted by molar-refractivity contribution is -0.141. The van der Waals surface area contributed by atoms with Crippen LogP contribution in [0.2, 0.25) is 0 Å². The second-order valence-electron chi connectivity index (χ2n) is 12.0.